The van der Waals surface area contributed by atoms with Crippen molar-refractivity contribution < 1.29 is 9.53 Å². The van der Waals surface area contributed by atoms with Crippen molar-refractivity contribution >= 4 is 22.8 Å². The van der Waals surface area contributed by atoms with Gasteiger partial charge in [-0.05, 0) is 24.3 Å². The molecule has 0 aliphatic carbocycles. The SMILES string of the molecule is COc1n[nH]c(NC(=O)c2ccc3[nH]ccc3c2)n1. The molecule has 2 heterocycles. The summed E-state index contributed by atoms with van der Waals surface area (Å²) in [6, 6.07) is 7.47. The summed E-state index contributed by atoms with van der Waals surface area (Å²) in [6.07, 6.45) is 1.83. The van der Waals surface area contributed by atoms with Gasteiger partial charge in [0.25, 0.3) is 5.91 Å². The molecule has 96 valence electrons. The van der Waals surface area contributed by atoms with Gasteiger partial charge in [0.15, 0.2) is 0 Å². The highest BCUT2D eigenvalue weighted by molar-refractivity contribution is 6.05. The quantitative estimate of drug-likeness (QED) is 0.663. The van der Waals surface area contributed by atoms with Gasteiger partial charge in [0, 0.05) is 22.7 Å². The van der Waals surface area contributed by atoms with E-state index < -0.39 is 0 Å². The number of anilines is 1. The van der Waals surface area contributed by atoms with E-state index in [1.54, 1.807) is 12.1 Å². The number of hydrogen-bond acceptors (Lipinski definition) is 4. The Hall–Kier alpha value is -2.83. The Kier molecular flexibility index (Phi) is 2.64. The summed E-state index contributed by atoms with van der Waals surface area (Å²) in [5, 5.41) is 9.90. The number of methoxy groups -OCH3 is 1. The Morgan fingerprint density at radius 3 is 3.05 bits per heavy atom. The molecule has 0 radical (unpaired) electrons. The monoisotopic (exact) mass is 257 g/mol. The third-order valence-electron chi connectivity index (χ3n) is 2.69. The molecule has 3 rings (SSSR count). The lowest BCUT2D eigenvalue weighted by Gasteiger charge is -2.01. The summed E-state index contributed by atoms with van der Waals surface area (Å²) in [5.41, 5.74) is 1.53. The number of hydrogen-bond donors (Lipinski definition) is 3. The van der Waals surface area contributed by atoms with Gasteiger partial charge >= 0.3 is 6.01 Å². The molecule has 3 aromatic rings. The zero-order valence-corrected chi connectivity index (χ0v) is 10.1. The molecule has 1 amide bonds. The lowest BCUT2D eigenvalue weighted by atomic mass is 10.1. The third-order valence-corrected chi connectivity index (χ3v) is 2.69. The number of aromatic nitrogens is 4. The summed E-state index contributed by atoms with van der Waals surface area (Å²) in [4.78, 5) is 19.0. The number of nitrogens with one attached hydrogen (secondary N) is 3. The summed E-state index contributed by atoms with van der Waals surface area (Å²) in [6.45, 7) is 0. The second-order valence-corrected chi connectivity index (χ2v) is 3.90. The van der Waals surface area contributed by atoms with Crippen molar-refractivity contribution in [1.29, 1.82) is 0 Å². The number of carbonyl (C=O) groups excluding carboxylic acids is 1. The minimum absolute atomic E-state index is 0.177. The first kappa shape index (κ1) is 11.3. The molecule has 0 aliphatic heterocycles. The molecule has 0 saturated carbocycles. The van der Waals surface area contributed by atoms with Crippen molar-refractivity contribution in [3.05, 3.63) is 36.0 Å². The molecule has 0 fully saturated rings. The van der Waals surface area contributed by atoms with Crippen LogP contribution >= 0.6 is 0 Å². The maximum absolute atomic E-state index is 12.0. The van der Waals surface area contributed by atoms with Gasteiger partial charge in [-0.2, -0.15) is 4.98 Å². The van der Waals surface area contributed by atoms with Crippen LogP contribution in [0.2, 0.25) is 0 Å². The number of amides is 1. The van der Waals surface area contributed by atoms with Gasteiger partial charge in [0.1, 0.15) is 0 Å². The van der Waals surface area contributed by atoms with E-state index in [9.17, 15) is 4.79 Å². The van der Waals surface area contributed by atoms with Gasteiger partial charge < -0.3 is 9.72 Å². The maximum atomic E-state index is 12.0. The number of nitrogens with zero attached hydrogens (tertiary/aromatic N) is 2. The predicted molar refractivity (Wildman–Crippen MR) is 69.2 cm³/mol. The van der Waals surface area contributed by atoms with E-state index in [2.05, 4.69) is 25.5 Å². The zero-order chi connectivity index (χ0) is 13.2. The van der Waals surface area contributed by atoms with E-state index in [0.29, 0.717) is 5.56 Å². The predicted octanol–water partition coefficient (Wildman–Crippen LogP) is 1.55. The smallest absolute Gasteiger partial charge is 0.336 e. The number of ether oxygens (including phenoxy) is 1. The van der Waals surface area contributed by atoms with Crippen molar-refractivity contribution in [2.45, 2.75) is 0 Å². The molecule has 2 aromatic heterocycles. The Bertz CT molecular complexity index is 730. The number of H-pyrrole nitrogens is 2. The largest absolute Gasteiger partial charge is 0.466 e. The fraction of sp³-hybridized carbons (Fsp3) is 0.0833. The van der Waals surface area contributed by atoms with E-state index in [-0.39, 0.29) is 17.9 Å². The van der Waals surface area contributed by atoms with Crippen LogP contribution in [0.15, 0.2) is 30.5 Å². The number of carbonyl (C=O) groups is 1. The number of fused-ring (bicyclic) bond motifs is 1. The van der Waals surface area contributed by atoms with Crippen LogP contribution in [0.25, 0.3) is 10.9 Å². The molecule has 0 bridgehead atoms. The van der Waals surface area contributed by atoms with E-state index in [0.717, 1.165) is 10.9 Å². The van der Waals surface area contributed by atoms with Crippen LogP contribution in [-0.2, 0) is 0 Å². The average Bonchev–Trinajstić information content (AvgIpc) is 3.05. The highest BCUT2D eigenvalue weighted by atomic mass is 16.5. The van der Waals surface area contributed by atoms with Crippen molar-refractivity contribution in [1.82, 2.24) is 20.2 Å². The molecule has 7 nitrogen and oxygen atoms in total. The van der Waals surface area contributed by atoms with Crippen LogP contribution < -0.4 is 10.1 Å². The summed E-state index contributed by atoms with van der Waals surface area (Å²) < 4.78 is 4.82. The minimum atomic E-state index is -0.262. The number of rotatable bonds is 3. The van der Waals surface area contributed by atoms with E-state index in [1.165, 1.54) is 7.11 Å². The van der Waals surface area contributed by atoms with Gasteiger partial charge in [-0.3, -0.25) is 10.1 Å². The van der Waals surface area contributed by atoms with Gasteiger partial charge in [-0.1, -0.05) is 0 Å². The van der Waals surface area contributed by atoms with Gasteiger partial charge in [-0.25, -0.2) is 5.10 Å². The topological polar surface area (TPSA) is 95.7 Å². The van der Waals surface area contributed by atoms with Crippen LogP contribution in [-0.4, -0.2) is 33.2 Å². The maximum Gasteiger partial charge on any atom is 0.336 e. The first-order chi connectivity index (χ1) is 9.26. The van der Waals surface area contributed by atoms with Gasteiger partial charge in [0.2, 0.25) is 5.95 Å². The second-order valence-electron chi connectivity index (χ2n) is 3.90. The summed E-state index contributed by atoms with van der Waals surface area (Å²) in [5.74, 6) is -0.0158. The molecule has 3 N–H and O–H groups in total. The fourth-order valence-electron chi connectivity index (χ4n) is 1.77. The minimum Gasteiger partial charge on any atom is -0.466 e. The third kappa shape index (κ3) is 2.13. The van der Waals surface area contributed by atoms with Crippen LogP contribution in [0.3, 0.4) is 0 Å². The first-order valence-corrected chi connectivity index (χ1v) is 5.61. The van der Waals surface area contributed by atoms with Crippen molar-refractivity contribution in [2.75, 3.05) is 12.4 Å². The van der Waals surface area contributed by atoms with Crippen LogP contribution in [0, 0.1) is 0 Å². The lowest BCUT2D eigenvalue weighted by Crippen LogP contribution is -2.12. The Labute approximate surface area is 108 Å². The first-order valence-electron chi connectivity index (χ1n) is 5.61. The van der Waals surface area contributed by atoms with E-state index in [1.807, 2.05) is 18.3 Å². The van der Waals surface area contributed by atoms with Crippen molar-refractivity contribution in [2.24, 2.45) is 0 Å². The van der Waals surface area contributed by atoms with Gasteiger partial charge in [-0.15, -0.1) is 5.10 Å². The Balaban J connectivity index is 1.82. The standard InChI is InChI=1S/C12H11N5O2/c1-19-12-15-11(16-17-12)14-10(18)8-2-3-9-7(6-8)4-5-13-9/h2-6,13H,1H3,(H2,14,15,16,17,18). The molecule has 0 spiro atoms. The Morgan fingerprint density at radius 2 is 2.26 bits per heavy atom. The molecule has 0 unspecified atom stereocenters. The molecular weight excluding hydrogens is 246 g/mol. The molecule has 7 heteroatoms. The van der Waals surface area contributed by atoms with Crippen molar-refractivity contribution in [3.8, 4) is 6.01 Å². The number of aromatic amines is 2. The molecule has 0 saturated heterocycles. The van der Waals surface area contributed by atoms with Crippen LogP contribution in [0.5, 0.6) is 6.01 Å². The molecule has 1 aromatic carbocycles. The summed E-state index contributed by atoms with van der Waals surface area (Å²) in [7, 11) is 1.45. The van der Waals surface area contributed by atoms with Crippen LogP contribution in [0.4, 0.5) is 5.95 Å². The highest BCUT2D eigenvalue weighted by Crippen LogP contribution is 2.15. The zero-order valence-electron chi connectivity index (χ0n) is 10.1. The Morgan fingerprint density at radius 1 is 1.37 bits per heavy atom. The van der Waals surface area contributed by atoms with Crippen LogP contribution in [0.1, 0.15) is 10.4 Å². The second kappa shape index (κ2) is 4.45. The van der Waals surface area contributed by atoms with E-state index in [4.69, 9.17) is 4.74 Å². The van der Waals surface area contributed by atoms with Crippen molar-refractivity contribution in [3.63, 3.8) is 0 Å². The van der Waals surface area contributed by atoms with Gasteiger partial charge in [0.05, 0.1) is 7.11 Å². The lowest BCUT2D eigenvalue weighted by molar-refractivity contribution is 0.102. The highest BCUT2D eigenvalue weighted by Gasteiger charge is 2.10. The molecular formula is C12H11N5O2. The normalized spacial score (nSPS) is 10.6. The summed E-state index contributed by atoms with van der Waals surface area (Å²) >= 11 is 0. The molecule has 0 atom stereocenters. The molecule has 19 heavy (non-hydrogen) atoms. The van der Waals surface area contributed by atoms with E-state index >= 15 is 0 Å². The molecule has 0 aliphatic rings. The average molecular weight is 257 g/mol. The number of benzene rings is 1. The fourth-order valence-corrected chi connectivity index (χ4v) is 1.77.